The summed E-state index contributed by atoms with van der Waals surface area (Å²) in [6.07, 6.45) is -3.60. The number of nitrogens with two attached hydrogens (primary N) is 1. The molecule has 2 N–H and O–H groups in total. The molecule has 19 heavy (non-hydrogen) atoms. The zero-order chi connectivity index (χ0) is 14.0. The highest BCUT2D eigenvalue weighted by molar-refractivity contribution is 6.33. The number of fused-ring (bicyclic) bond motifs is 1. The normalized spacial score (nSPS) is 12.3. The third kappa shape index (κ3) is 2.96. The van der Waals surface area contributed by atoms with Gasteiger partial charge in [-0.2, -0.15) is 13.2 Å². The molecular formula is C10H10ClF3N4O. The van der Waals surface area contributed by atoms with E-state index in [-0.39, 0.29) is 29.7 Å². The molecule has 0 aliphatic heterocycles. The van der Waals surface area contributed by atoms with Crippen molar-refractivity contribution in [3.8, 4) is 0 Å². The molecule has 0 aromatic carbocycles. The first-order valence-electron chi connectivity index (χ1n) is 5.31. The third-order valence-electron chi connectivity index (χ3n) is 2.35. The predicted molar refractivity (Wildman–Crippen MR) is 61.7 cm³/mol. The van der Waals surface area contributed by atoms with Crippen molar-refractivity contribution in [3.63, 3.8) is 0 Å². The summed E-state index contributed by atoms with van der Waals surface area (Å²) < 4.78 is 44.3. The summed E-state index contributed by atoms with van der Waals surface area (Å²) in [4.78, 5) is 0. The number of nitrogens with zero attached hydrogens (tertiary/aromatic N) is 3. The first-order valence-corrected chi connectivity index (χ1v) is 5.69. The highest BCUT2D eigenvalue weighted by Gasteiger charge is 2.32. The number of ether oxygens (including phenoxy) is 1. The van der Waals surface area contributed by atoms with Crippen LogP contribution in [0, 0.1) is 0 Å². The fourth-order valence-corrected chi connectivity index (χ4v) is 1.75. The van der Waals surface area contributed by atoms with E-state index in [9.17, 15) is 13.2 Å². The molecule has 2 aromatic heterocycles. The molecule has 0 fully saturated rings. The molecule has 0 unspecified atom stereocenters. The van der Waals surface area contributed by atoms with Crippen molar-refractivity contribution < 1.29 is 17.9 Å². The maximum atomic E-state index is 12.7. The molecular weight excluding hydrogens is 285 g/mol. The molecule has 0 aliphatic rings. The van der Waals surface area contributed by atoms with Crippen molar-refractivity contribution in [1.82, 2.24) is 14.6 Å². The average molecular weight is 295 g/mol. The van der Waals surface area contributed by atoms with Crippen LogP contribution in [0.15, 0.2) is 12.3 Å². The van der Waals surface area contributed by atoms with Gasteiger partial charge in [0.05, 0.1) is 17.2 Å². The Hall–Kier alpha value is -1.38. The lowest BCUT2D eigenvalue weighted by molar-refractivity contribution is -0.137. The van der Waals surface area contributed by atoms with E-state index >= 15 is 0 Å². The first kappa shape index (κ1) is 14.0. The molecule has 0 radical (unpaired) electrons. The second-order valence-corrected chi connectivity index (χ2v) is 4.13. The topological polar surface area (TPSA) is 65.4 Å². The molecule has 0 bridgehead atoms. The summed E-state index contributed by atoms with van der Waals surface area (Å²) in [5.41, 5.74) is 4.53. The second kappa shape index (κ2) is 5.32. The zero-order valence-corrected chi connectivity index (χ0v) is 10.4. The molecule has 104 valence electrons. The lowest BCUT2D eigenvalue weighted by Crippen LogP contribution is -2.10. The minimum atomic E-state index is -4.49. The van der Waals surface area contributed by atoms with Crippen LogP contribution in [0.2, 0.25) is 5.02 Å². The molecule has 0 aliphatic carbocycles. The van der Waals surface area contributed by atoms with Crippen molar-refractivity contribution in [2.45, 2.75) is 12.8 Å². The minimum absolute atomic E-state index is 0.00993. The van der Waals surface area contributed by atoms with E-state index < -0.39 is 11.7 Å². The van der Waals surface area contributed by atoms with Crippen LogP contribution < -0.4 is 5.73 Å². The van der Waals surface area contributed by atoms with E-state index in [2.05, 4.69) is 10.2 Å². The minimum Gasteiger partial charge on any atom is -0.372 e. The fourth-order valence-electron chi connectivity index (χ4n) is 1.50. The fraction of sp³-hybridized carbons (Fsp3) is 0.400. The lowest BCUT2D eigenvalue weighted by Gasteiger charge is -2.08. The Kier molecular flexibility index (Phi) is 3.93. The number of rotatable bonds is 4. The van der Waals surface area contributed by atoms with Crippen LogP contribution in [-0.2, 0) is 17.5 Å². The van der Waals surface area contributed by atoms with Crippen LogP contribution in [0.1, 0.15) is 11.4 Å². The first-order chi connectivity index (χ1) is 8.93. The van der Waals surface area contributed by atoms with Crippen LogP contribution in [0.3, 0.4) is 0 Å². The Morgan fingerprint density at radius 2 is 2.11 bits per heavy atom. The Bertz CT molecular complexity index is 584. The molecule has 0 saturated carbocycles. The monoisotopic (exact) mass is 294 g/mol. The van der Waals surface area contributed by atoms with Gasteiger partial charge in [-0.3, -0.25) is 4.40 Å². The summed E-state index contributed by atoms with van der Waals surface area (Å²) in [5, 5.41) is 7.35. The lowest BCUT2D eigenvalue weighted by atomic mass is 10.3. The summed E-state index contributed by atoms with van der Waals surface area (Å²) >= 11 is 5.76. The van der Waals surface area contributed by atoms with E-state index in [0.29, 0.717) is 6.54 Å². The Morgan fingerprint density at radius 3 is 2.74 bits per heavy atom. The van der Waals surface area contributed by atoms with Crippen LogP contribution in [0.25, 0.3) is 5.65 Å². The van der Waals surface area contributed by atoms with Gasteiger partial charge in [-0.05, 0) is 6.07 Å². The summed E-state index contributed by atoms with van der Waals surface area (Å²) in [7, 11) is 0. The van der Waals surface area contributed by atoms with Crippen LogP contribution >= 0.6 is 11.6 Å². The van der Waals surface area contributed by atoms with Crippen LogP contribution in [0.4, 0.5) is 13.2 Å². The van der Waals surface area contributed by atoms with Gasteiger partial charge in [-0.15, -0.1) is 10.2 Å². The molecule has 2 heterocycles. The summed E-state index contributed by atoms with van der Waals surface area (Å²) in [6.45, 7) is 0.600. The summed E-state index contributed by atoms with van der Waals surface area (Å²) in [5.74, 6) is 0.233. The van der Waals surface area contributed by atoms with Crippen molar-refractivity contribution in [2.24, 2.45) is 5.73 Å². The predicted octanol–water partition coefficient (Wildman–Crippen LogP) is 1.88. The highest BCUT2D eigenvalue weighted by atomic mass is 35.5. The van der Waals surface area contributed by atoms with Gasteiger partial charge < -0.3 is 10.5 Å². The van der Waals surface area contributed by atoms with E-state index in [1.54, 1.807) is 0 Å². The molecule has 0 spiro atoms. The Morgan fingerprint density at radius 1 is 1.37 bits per heavy atom. The van der Waals surface area contributed by atoms with Gasteiger partial charge in [0.15, 0.2) is 11.5 Å². The number of aromatic nitrogens is 3. The van der Waals surface area contributed by atoms with Crippen LogP contribution in [-0.4, -0.2) is 27.7 Å². The van der Waals surface area contributed by atoms with E-state index in [1.165, 1.54) is 4.40 Å². The molecule has 2 rings (SSSR count). The van der Waals surface area contributed by atoms with E-state index in [4.69, 9.17) is 22.1 Å². The SMILES string of the molecule is NCCOCc1nnc2c(Cl)cc(C(F)(F)F)cn12. The molecule has 5 nitrogen and oxygen atoms in total. The number of halogens is 4. The number of alkyl halides is 3. The Labute approximate surface area is 111 Å². The maximum absolute atomic E-state index is 12.7. The highest BCUT2D eigenvalue weighted by Crippen LogP contribution is 2.32. The molecule has 2 aromatic rings. The largest absolute Gasteiger partial charge is 0.417 e. The van der Waals surface area contributed by atoms with Gasteiger partial charge in [0, 0.05) is 12.7 Å². The van der Waals surface area contributed by atoms with Gasteiger partial charge in [0.2, 0.25) is 0 Å². The summed E-state index contributed by atoms with van der Waals surface area (Å²) in [6, 6.07) is 0.816. The Balaban J connectivity index is 2.42. The van der Waals surface area contributed by atoms with Gasteiger partial charge in [-0.1, -0.05) is 11.6 Å². The van der Waals surface area contributed by atoms with Crippen molar-refractivity contribution in [2.75, 3.05) is 13.2 Å². The zero-order valence-electron chi connectivity index (χ0n) is 9.62. The van der Waals surface area contributed by atoms with Gasteiger partial charge in [0.25, 0.3) is 0 Å². The number of pyridine rings is 1. The third-order valence-corrected chi connectivity index (χ3v) is 2.63. The standard InChI is InChI=1S/C10H10ClF3N4O/c11-7-3-6(10(12,13)14)4-18-8(5-19-2-1-15)16-17-9(7)18/h3-4H,1-2,5,15H2. The second-order valence-electron chi connectivity index (χ2n) is 3.73. The number of hydrogen-bond donors (Lipinski definition) is 1. The average Bonchev–Trinajstić information content (AvgIpc) is 2.72. The number of hydrogen-bond acceptors (Lipinski definition) is 4. The van der Waals surface area contributed by atoms with Crippen molar-refractivity contribution in [1.29, 1.82) is 0 Å². The van der Waals surface area contributed by atoms with Crippen LogP contribution in [0.5, 0.6) is 0 Å². The van der Waals surface area contributed by atoms with Gasteiger partial charge in [0.1, 0.15) is 6.61 Å². The van der Waals surface area contributed by atoms with Gasteiger partial charge >= 0.3 is 6.18 Å². The van der Waals surface area contributed by atoms with Crippen molar-refractivity contribution >= 4 is 17.2 Å². The van der Waals surface area contributed by atoms with Gasteiger partial charge in [-0.25, -0.2) is 0 Å². The quantitative estimate of drug-likeness (QED) is 0.874. The molecule has 0 saturated heterocycles. The molecule has 0 amide bonds. The maximum Gasteiger partial charge on any atom is 0.417 e. The molecule has 0 atom stereocenters. The van der Waals surface area contributed by atoms with E-state index in [0.717, 1.165) is 12.3 Å². The van der Waals surface area contributed by atoms with E-state index in [1.807, 2.05) is 0 Å². The van der Waals surface area contributed by atoms with Crippen molar-refractivity contribution in [3.05, 3.63) is 28.7 Å². The smallest absolute Gasteiger partial charge is 0.372 e. The molecule has 9 heteroatoms.